The maximum atomic E-state index is 5.90. The third kappa shape index (κ3) is 4.48. The van der Waals surface area contributed by atoms with Gasteiger partial charge >= 0.3 is 0 Å². The average molecular weight is 291 g/mol. The van der Waals surface area contributed by atoms with Gasteiger partial charge in [-0.1, -0.05) is 39.5 Å². The number of rotatable bonds is 6. The lowest BCUT2D eigenvalue weighted by Crippen LogP contribution is -2.31. The second kappa shape index (κ2) is 7.85. The van der Waals surface area contributed by atoms with E-state index in [4.69, 9.17) is 9.72 Å². The molecule has 0 spiro atoms. The van der Waals surface area contributed by atoms with Crippen molar-refractivity contribution in [3.8, 4) is 0 Å². The minimum atomic E-state index is -0.273. The molecule has 0 unspecified atom stereocenters. The molecule has 1 fully saturated rings. The van der Waals surface area contributed by atoms with Crippen molar-refractivity contribution in [2.45, 2.75) is 64.5 Å². The summed E-state index contributed by atoms with van der Waals surface area (Å²) in [5.41, 5.74) is 0.784. The van der Waals surface area contributed by atoms with Crippen LogP contribution in [0, 0.1) is 5.92 Å². The zero-order chi connectivity index (χ0) is 15.1. The van der Waals surface area contributed by atoms with Crippen LogP contribution in [0.2, 0.25) is 0 Å². The fourth-order valence-corrected chi connectivity index (χ4v) is 3.02. The van der Waals surface area contributed by atoms with Crippen LogP contribution in [0.3, 0.4) is 0 Å². The minimum absolute atomic E-state index is 0.273. The predicted octanol–water partition coefficient (Wildman–Crippen LogP) is 3.42. The lowest BCUT2D eigenvalue weighted by Gasteiger charge is -2.29. The van der Waals surface area contributed by atoms with Crippen molar-refractivity contribution in [2.75, 3.05) is 13.7 Å². The van der Waals surface area contributed by atoms with Crippen molar-refractivity contribution in [2.24, 2.45) is 5.92 Å². The third-order valence-corrected chi connectivity index (χ3v) is 4.28. The Hall–Kier alpha value is -1.00. The lowest BCUT2D eigenvalue weighted by molar-refractivity contribution is -0.0353. The van der Waals surface area contributed by atoms with Crippen molar-refractivity contribution in [1.82, 2.24) is 15.3 Å². The number of aromatic nitrogens is 2. The minimum Gasteiger partial charge on any atom is -0.370 e. The van der Waals surface area contributed by atoms with Gasteiger partial charge in [0, 0.05) is 19.9 Å². The van der Waals surface area contributed by atoms with Crippen LogP contribution in [0.5, 0.6) is 0 Å². The van der Waals surface area contributed by atoms with Crippen molar-refractivity contribution < 1.29 is 4.74 Å². The van der Waals surface area contributed by atoms with E-state index in [1.54, 1.807) is 7.11 Å². The summed E-state index contributed by atoms with van der Waals surface area (Å²) < 4.78 is 5.90. The molecule has 0 bridgehead atoms. The van der Waals surface area contributed by atoms with Crippen molar-refractivity contribution in [1.29, 1.82) is 0 Å². The van der Waals surface area contributed by atoms with Crippen molar-refractivity contribution in [3.63, 3.8) is 0 Å². The van der Waals surface area contributed by atoms with Crippen LogP contribution >= 0.6 is 0 Å². The first-order valence-electron chi connectivity index (χ1n) is 8.24. The number of ether oxygens (including phenoxy) is 1. The average Bonchev–Trinajstić information content (AvgIpc) is 2.73. The smallest absolute Gasteiger partial charge is 0.160 e. The second-order valence-corrected chi connectivity index (χ2v) is 6.51. The Bertz CT molecular complexity index is 426. The molecule has 21 heavy (non-hydrogen) atoms. The number of hydrogen-bond acceptors (Lipinski definition) is 4. The fourth-order valence-electron chi connectivity index (χ4n) is 3.02. The van der Waals surface area contributed by atoms with Gasteiger partial charge in [-0.25, -0.2) is 9.97 Å². The number of hydrogen-bond donors (Lipinski definition) is 1. The molecule has 0 saturated heterocycles. The van der Waals surface area contributed by atoms with E-state index in [1.807, 2.05) is 12.3 Å². The first-order chi connectivity index (χ1) is 10.2. The highest BCUT2D eigenvalue weighted by atomic mass is 16.5. The van der Waals surface area contributed by atoms with Gasteiger partial charge in [-0.2, -0.15) is 0 Å². The summed E-state index contributed by atoms with van der Waals surface area (Å²) in [4.78, 5) is 9.31. The molecular formula is C17H29N3O. The Labute approximate surface area is 128 Å². The fraction of sp³-hybridized carbons (Fsp3) is 0.765. The molecule has 0 amide bonds. The molecule has 4 nitrogen and oxygen atoms in total. The summed E-state index contributed by atoms with van der Waals surface area (Å²) in [7, 11) is 1.80. The van der Waals surface area contributed by atoms with Crippen LogP contribution in [-0.2, 0) is 16.9 Å². The Balaban J connectivity index is 2.10. The van der Waals surface area contributed by atoms with E-state index in [1.165, 1.54) is 25.7 Å². The van der Waals surface area contributed by atoms with Crippen LogP contribution < -0.4 is 5.32 Å². The Morgan fingerprint density at radius 2 is 1.95 bits per heavy atom. The van der Waals surface area contributed by atoms with Crippen LogP contribution in [0.15, 0.2) is 12.3 Å². The molecule has 0 aromatic carbocycles. The molecule has 1 aliphatic carbocycles. The van der Waals surface area contributed by atoms with E-state index in [0.717, 1.165) is 37.4 Å². The van der Waals surface area contributed by atoms with Gasteiger partial charge in [0.1, 0.15) is 5.60 Å². The van der Waals surface area contributed by atoms with Crippen LogP contribution in [0.25, 0.3) is 0 Å². The standard InChI is InChI=1S/C17H29N3O/c1-14(2)12-18-13-15-8-11-19-16(20-15)17(21-3)9-6-4-5-7-10-17/h8,11,14,18H,4-7,9-10,12-13H2,1-3H3. The molecule has 0 aliphatic heterocycles. The summed E-state index contributed by atoms with van der Waals surface area (Å²) >= 11 is 0. The zero-order valence-corrected chi connectivity index (χ0v) is 13.7. The summed E-state index contributed by atoms with van der Waals surface area (Å²) in [6, 6.07) is 2.00. The molecule has 1 aromatic rings. The van der Waals surface area contributed by atoms with E-state index in [9.17, 15) is 0 Å². The molecule has 1 aliphatic rings. The molecule has 118 valence electrons. The molecule has 1 heterocycles. The summed E-state index contributed by atoms with van der Waals surface area (Å²) in [5, 5.41) is 3.44. The SMILES string of the molecule is COC1(c2nccc(CNCC(C)C)n2)CCCCCC1. The summed E-state index contributed by atoms with van der Waals surface area (Å²) in [6.07, 6.45) is 8.93. The van der Waals surface area contributed by atoms with E-state index in [-0.39, 0.29) is 5.60 Å². The lowest BCUT2D eigenvalue weighted by atomic mass is 9.93. The normalized spacial score (nSPS) is 18.7. The van der Waals surface area contributed by atoms with Crippen molar-refractivity contribution >= 4 is 0 Å². The van der Waals surface area contributed by atoms with Gasteiger partial charge in [-0.15, -0.1) is 0 Å². The monoisotopic (exact) mass is 291 g/mol. The van der Waals surface area contributed by atoms with Gasteiger partial charge in [0.05, 0.1) is 5.69 Å². The summed E-state index contributed by atoms with van der Waals surface area (Å²) in [5.74, 6) is 1.52. The Kier molecular flexibility index (Phi) is 6.12. The first-order valence-corrected chi connectivity index (χ1v) is 8.24. The highest BCUT2D eigenvalue weighted by Gasteiger charge is 2.35. The van der Waals surface area contributed by atoms with Gasteiger partial charge in [-0.3, -0.25) is 0 Å². The van der Waals surface area contributed by atoms with E-state index < -0.39 is 0 Å². The topological polar surface area (TPSA) is 47.0 Å². The van der Waals surface area contributed by atoms with Crippen LogP contribution in [0.1, 0.15) is 63.9 Å². The van der Waals surface area contributed by atoms with Crippen LogP contribution in [-0.4, -0.2) is 23.6 Å². The van der Waals surface area contributed by atoms with Gasteiger partial charge in [0.15, 0.2) is 5.82 Å². The zero-order valence-electron chi connectivity index (χ0n) is 13.7. The maximum Gasteiger partial charge on any atom is 0.160 e. The maximum absolute atomic E-state index is 5.90. The van der Waals surface area contributed by atoms with Gasteiger partial charge in [0.2, 0.25) is 0 Å². The molecule has 1 N–H and O–H groups in total. The molecular weight excluding hydrogens is 262 g/mol. The highest BCUT2D eigenvalue weighted by molar-refractivity contribution is 5.09. The Morgan fingerprint density at radius 3 is 2.57 bits per heavy atom. The third-order valence-electron chi connectivity index (χ3n) is 4.28. The van der Waals surface area contributed by atoms with Gasteiger partial charge in [-0.05, 0) is 31.4 Å². The molecule has 1 aromatic heterocycles. The van der Waals surface area contributed by atoms with E-state index >= 15 is 0 Å². The second-order valence-electron chi connectivity index (χ2n) is 6.51. The Morgan fingerprint density at radius 1 is 1.24 bits per heavy atom. The van der Waals surface area contributed by atoms with Gasteiger partial charge in [0.25, 0.3) is 0 Å². The molecule has 1 saturated carbocycles. The summed E-state index contributed by atoms with van der Waals surface area (Å²) in [6.45, 7) is 6.23. The predicted molar refractivity (Wildman–Crippen MR) is 85.0 cm³/mol. The van der Waals surface area contributed by atoms with E-state index in [2.05, 4.69) is 24.1 Å². The number of nitrogens with zero attached hydrogens (tertiary/aromatic N) is 2. The van der Waals surface area contributed by atoms with Gasteiger partial charge < -0.3 is 10.1 Å². The number of nitrogens with one attached hydrogen (secondary N) is 1. The molecule has 0 atom stereocenters. The van der Waals surface area contributed by atoms with E-state index in [0.29, 0.717) is 5.92 Å². The quantitative estimate of drug-likeness (QED) is 0.816. The molecule has 0 radical (unpaired) electrons. The van der Waals surface area contributed by atoms with Crippen LogP contribution in [0.4, 0.5) is 0 Å². The van der Waals surface area contributed by atoms with Crippen molar-refractivity contribution in [3.05, 3.63) is 23.8 Å². The highest BCUT2D eigenvalue weighted by Crippen LogP contribution is 2.37. The molecule has 2 rings (SSSR count). The molecule has 4 heteroatoms. The number of methoxy groups -OCH3 is 1. The largest absolute Gasteiger partial charge is 0.370 e. The first kappa shape index (κ1) is 16.4.